The van der Waals surface area contributed by atoms with Gasteiger partial charge >= 0.3 is 0 Å². The van der Waals surface area contributed by atoms with E-state index in [9.17, 15) is 4.79 Å². The zero-order valence-electron chi connectivity index (χ0n) is 12.6. The summed E-state index contributed by atoms with van der Waals surface area (Å²) in [4.78, 5) is 12.4. The van der Waals surface area contributed by atoms with Crippen LogP contribution in [0.2, 0.25) is 0 Å². The summed E-state index contributed by atoms with van der Waals surface area (Å²) in [6, 6.07) is 7.25. The lowest BCUT2D eigenvalue weighted by atomic mass is 9.89. The standard InChI is InChI=1S/C16H24N2O3/c1-2-8-21-14-5-3-4-13(11-14)15(19)18-16(12-17)6-9-20-10-7-16/h3-5,11H,2,6-10,12,17H2,1H3,(H,18,19). The number of carbonyl (C=O) groups excluding carboxylic acids is 1. The number of amides is 1. The Morgan fingerprint density at radius 1 is 1.43 bits per heavy atom. The molecule has 0 unspecified atom stereocenters. The Morgan fingerprint density at radius 2 is 2.19 bits per heavy atom. The number of nitrogens with one attached hydrogen (secondary N) is 1. The maximum atomic E-state index is 12.4. The molecule has 0 saturated carbocycles. The van der Waals surface area contributed by atoms with Gasteiger partial charge in [-0.2, -0.15) is 0 Å². The van der Waals surface area contributed by atoms with Crippen molar-refractivity contribution in [2.24, 2.45) is 5.73 Å². The summed E-state index contributed by atoms with van der Waals surface area (Å²) in [5.41, 5.74) is 6.11. The first-order chi connectivity index (χ1) is 10.2. The van der Waals surface area contributed by atoms with Crippen LogP contribution in [-0.2, 0) is 4.74 Å². The molecule has 21 heavy (non-hydrogen) atoms. The average Bonchev–Trinajstić information content (AvgIpc) is 2.54. The Balaban J connectivity index is 2.05. The summed E-state index contributed by atoms with van der Waals surface area (Å²) >= 11 is 0. The molecule has 1 aliphatic heterocycles. The van der Waals surface area contributed by atoms with Gasteiger partial charge in [0.05, 0.1) is 12.1 Å². The van der Waals surface area contributed by atoms with Crippen molar-refractivity contribution in [1.82, 2.24) is 5.32 Å². The van der Waals surface area contributed by atoms with Crippen LogP contribution in [0.1, 0.15) is 36.5 Å². The Bertz CT molecular complexity index is 470. The third-order valence-electron chi connectivity index (χ3n) is 3.79. The molecule has 1 aromatic rings. The molecular formula is C16H24N2O3. The molecular weight excluding hydrogens is 268 g/mol. The third kappa shape index (κ3) is 4.19. The minimum atomic E-state index is -0.352. The molecule has 0 aliphatic carbocycles. The van der Waals surface area contributed by atoms with Gasteiger partial charge in [-0.15, -0.1) is 0 Å². The second kappa shape index (κ2) is 7.43. The highest BCUT2D eigenvalue weighted by atomic mass is 16.5. The first-order valence-electron chi connectivity index (χ1n) is 7.52. The topological polar surface area (TPSA) is 73.6 Å². The fourth-order valence-electron chi connectivity index (χ4n) is 2.40. The van der Waals surface area contributed by atoms with E-state index in [0.717, 1.165) is 25.0 Å². The monoisotopic (exact) mass is 292 g/mol. The van der Waals surface area contributed by atoms with Crippen LogP contribution in [0.15, 0.2) is 24.3 Å². The smallest absolute Gasteiger partial charge is 0.251 e. The zero-order valence-corrected chi connectivity index (χ0v) is 12.6. The molecule has 1 aromatic carbocycles. The maximum absolute atomic E-state index is 12.4. The first kappa shape index (κ1) is 15.8. The number of nitrogens with two attached hydrogens (primary N) is 1. The lowest BCUT2D eigenvalue weighted by Gasteiger charge is -2.37. The predicted octanol–water partition coefficient (Wildman–Crippen LogP) is 1.71. The molecule has 1 amide bonds. The average molecular weight is 292 g/mol. The predicted molar refractivity (Wildman–Crippen MR) is 81.5 cm³/mol. The van der Waals surface area contributed by atoms with Gasteiger partial charge in [-0.1, -0.05) is 13.0 Å². The van der Waals surface area contributed by atoms with Crippen molar-refractivity contribution in [2.45, 2.75) is 31.7 Å². The van der Waals surface area contributed by atoms with Crippen LogP contribution in [0.5, 0.6) is 5.75 Å². The van der Waals surface area contributed by atoms with Crippen LogP contribution in [-0.4, -0.2) is 37.8 Å². The molecule has 0 radical (unpaired) electrons. The molecule has 1 saturated heterocycles. The number of hydrogen-bond acceptors (Lipinski definition) is 4. The molecule has 116 valence electrons. The van der Waals surface area contributed by atoms with Crippen molar-refractivity contribution in [3.8, 4) is 5.75 Å². The normalized spacial score (nSPS) is 17.2. The van der Waals surface area contributed by atoms with Crippen LogP contribution in [0.4, 0.5) is 0 Å². The number of ether oxygens (including phenoxy) is 2. The molecule has 5 heteroatoms. The highest BCUT2D eigenvalue weighted by molar-refractivity contribution is 5.95. The summed E-state index contributed by atoms with van der Waals surface area (Å²) in [5, 5.41) is 3.08. The van der Waals surface area contributed by atoms with Gasteiger partial charge in [0.1, 0.15) is 5.75 Å². The molecule has 1 heterocycles. The number of rotatable bonds is 6. The highest BCUT2D eigenvalue weighted by Gasteiger charge is 2.33. The lowest BCUT2D eigenvalue weighted by molar-refractivity contribution is 0.0388. The summed E-state index contributed by atoms with van der Waals surface area (Å²) in [6.45, 7) is 4.39. The molecule has 1 fully saturated rings. The second-order valence-electron chi connectivity index (χ2n) is 5.43. The van der Waals surface area contributed by atoms with Crippen molar-refractivity contribution in [2.75, 3.05) is 26.4 Å². The number of carbonyl (C=O) groups is 1. The van der Waals surface area contributed by atoms with Crippen molar-refractivity contribution >= 4 is 5.91 Å². The molecule has 1 aliphatic rings. The zero-order chi connectivity index (χ0) is 15.1. The molecule has 3 N–H and O–H groups in total. The van der Waals surface area contributed by atoms with Gasteiger partial charge in [-0.25, -0.2) is 0 Å². The van der Waals surface area contributed by atoms with Crippen molar-refractivity contribution < 1.29 is 14.3 Å². The van der Waals surface area contributed by atoms with E-state index >= 15 is 0 Å². The van der Waals surface area contributed by atoms with Gasteiger partial charge in [-0.3, -0.25) is 4.79 Å². The van der Waals surface area contributed by atoms with Crippen molar-refractivity contribution in [3.05, 3.63) is 29.8 Å². The largest absolute Gasteiger partial charge is 0.494 e. The van der Waals surface area contributed by atoms with Gasteiger partial charge in [0.2, 0.25) is 0 Å². The summed E-state index contributed by atoms with van der Waals surface area (Å²) in [5.74, 6) is 0.613. The van der Waals surface area contributed by atoms with Crippen LogP contribution >= 0.6 is 0 Å². The van der Waals surface area contributed by atoms with Gasteiger partial charge in [-0.05, 0) is 37.5 Å². The Hall–Kier alpha value is -1.59. The van der Waals surface area contributed by atoms with Gasteiger partial charge in [0.15, 0.2) is 0 Å². The lowest BCUT2D eigenvalue weighted by Crippen LogP contribution is -2.56. The van der Waals surface area contributed by atoms with E-state index in [4.69, 9.17) is 15.2 Å². The van der Waals surface area contributed by atoms with E-state index in [-0.39, 0.29) is 11.4 Å². The van der Waals surface area contributed by atoms with Gasteiger partial charge in [0.25, 0.3) is 5.91 Å². The SMILES string of the molecule is CCCOc1cccc(C(=O)NC2(CN)CCOCC2)c1. The second-order valence-corrected chi connectivity index (χ2v) is 5.43. The highest BCUT2D eigenvalue weighted by Crippen LogP contribution is 2.21. The van der Waals surface area contributed by atoms with Crippen molar-refractivity contribution in [3.63, 3.8) is 0 Å². The van der Waals surface area contributed by atoms with E-state index in [1.165, 1.54) is 0 Å². The van der Waals surface area contributed by atoms with E-state index in [1.54, 1.807) is 12.1 Å². The van der Waals surface area contributed by atoms with Crippen molar-refractivity contribution in [1.29, 1.82) is 0 Å². The van der Waals surface area contributed by atoms with E-state index in [1.807, 2.05) is 19.1 Å². The first-order valence-corrected chi connectivity index (χ1v) is 7.52. The van der Waals surface area contributed by atoms with Crippen LogP contribution in [0.3, 0.4) is 0 Å². The van der Waals surface area contributed by atoms with Gasteiger partial charge in [0, 0.05) is 25.3 Å². The summed E-state index contributed by atoms with van der Waals surface area (Å²) in [6.07, 6.45) is 2.44. The molecule has 0 aromatic heterocycles. The van der Waals surface area contributed by atoms with Crippen LogP contribution in [0.25, 0.3) is 0 Å². The molecule has 0 bridgehead atoms. The number of hydrogen-bond donors (Lipinski definition) is 2. The maximum Gasteiger partial charge on any atom is 0.251 e. The van der Waals surface area contributed by atoms with Gasteiger partial charge < -0.3 is 20.5 Å². The Kier molecular flexibility index (Phi) is 5.59. The summed E-state index contributed by atoms with van der Waals surface area (Å²) in [7, 11) is 0. The van der Waals surface area contributed by atoms with Crippen LogP contribution < -0.4 is 15.8 Å². The number of benzene rings is 1. The fraction of sp³-hybridized carbons (Fsp3) is 0.562. The van der Waals surface area contributed by atoms with E-state index in [2.05, 4.69) is 5.32 Å². The van der Waals surface area contributed by atoms with Crippen LogP contribution in [0, 0.1) is 0 Å². The minimum absolute atomic E-state index is 0.107. The fourth-order valence-corrected chi connectivity index (χ4v) is 2.40. The third-order valence-corrected chi connectivity index (χ3v) is 3.79. The van der Waals surface area contributed by atoms with E-state index in [0.29, 0.717) is 31.9 Å². The summed E-state index contributed by atoms with van der Waals surface area (Å²) < 4.78 is 10.9. The minimum Gasteiger partial charge on any atom is -0.494 e. The Morgan fingerprint density at radius 3 is 2.86 bits per heavy atom. The molecule has 2 rings (SSSR count). The Labute approximate surface area is 125 Å². The molecule has 0 atom stereocenters. The van der Waals surface area contributed by atoms with E-state index < -0.39 is 0 Å². The quantitative estimate of drug-likeness (QED) is 0.837. The molecule has 0 spiro atoms. The molecule has 5 nitrogen and oxygen atoms in total.